The van der Waals surface area contributed by atoms with E-state index < -0.39 is 39.9 Å². The molecule has 9 rings (SSSR count). The van der Waals surface area contributed by atoms with Gasteiger partial charge in [0.1, 0.15) is 5.82 Å². The molecule has 3 fully saturated rings. The molecule has 3 saturated carbocycles. The van der Waals surface area contributed by atoms with Crippen molar-refractivity contribution in [2.75, 3.05) is 26.2 Å². The van der Waals surface area contributed by atoms with Crippen LogP contribution < -0.4 is 0 Å². The number of carbonyl (C=O) groups is 1. The van der Waals surface area contributed by atoms with Gasteiger partial charge in [-0.15, -0.1) is 11.3 Å². The largest absolute Gasteiger partial charge is 0.393 e. The van der Waals surface area contributed by atoms with E-state index >= 15 is 4.39 Å². The maximum atomic E-state index is 15.2. The zero-order chi connectivity index (χ0) is 38.6. The average Bonchev–Trinajstić information content (AvgIpc) is 3.78. The van der Waals surface area contributed by atoms with Gasteiger partial charge in [0, 0.05) is 63.3 Å². The Morgan fingerprint density at radius 1 is 1.00 bits per heavy atom. The summed E-state index contributed by atoms with van der Waals surface area (Å²) in [5, 5.41) is 37.8. The van der Waals surface area contributed by atoms with Crippen LogP contribution in [0, 0.1) is 39.3 Å². The molecular weight excluding hydrogens is 733 g/mol. The Labute approximate surface area is 334 Å². The summed E-state index contributed by atoms with van der Waals surface area (Å²) in [7, 11) is 0. The SMILES string of the molecule is C[C@]12CC[C@H]3[C@]4(C=C[C@@]5(C=C4C(=O)Cc4c(F)cccc4Cl)CC(O)CC[C@]35C)[C@@H]1CC[C@@]2(O)CN(CCc1cccs1)C[C@@H](O)COCc1ccccc1. The topological polar surface area (TPSA) is 90.2 Å². The number of fused-ring (bicyclic) bond motifs is 1. The van der Waals surface area contributed by atoms with Crippen molar-refractivity contribution in [3.05, 3.63) is 117 Å². The van der Waals surface area contributed by atoms with Gasteiger partial charge in [0.25, 0.3) is 0 Å². The number of halogens is 2. The number of nitrogens with zero attached hydrogens (tertiary/aromatic N) is 1. The number of hydrogen-bond acceptors (Lipinski definition) is 7. The second-order valence-corrected chi connectivity index (χ2v) is 19.3. The van der Waals surface area contributed by atoms with Gasteiger partial charge in [0.2, 0.25) is 0 Å². The highest BCUT2D eigenvalue weighted by Crippen LogP contribution is 2.78. The fraction of sp³-hybridized carbons (Fsp3) is 0.543. The lowest BCUT2D eigenvalue weighted by Crippen LogP contribution is -2.67. The van der Waals surface area contributed by atoms with Gasteiger partial charge in [-0.2, -0.15) is 0 Å². The van der Waals surface area contributed by atoms with Crippen LogP contribution in [0.5, 0.6) is 0 Å². The van der Waals surface area contributed by atoms with Gasteiger partial charge in [0.15, 0.2) is 5.78 Å². The Balaban J connectivity index is 1.10. The second kappa shape index (κ2) is 14.9. The molecule has 9 heteroatoms. The maximum absolute atomic E-state index is 15.2. The molecule has 2 bridgehead atoms. The molecule has 0 amide bonds. The molecule has 2 aromatic carbocycles. The predicted molar refractivity (Wildman–Crippen MR) is 215 cm³/mol. The summed E-state index contributed by atoms with van der Waals surface area (Å²) < 4.78 is 21.1. The van der Waals surface area contributed by atoms with E-state index in [9.17, 15) is 20.1 Å². The number of aliphatic hydroxyl groups excluding tert-OH is 2. The molecular formula is C46H55ClFNO5S. The average molecular weight is 788 g/mol. The van der Waals surface area contributed by atoms with Crippen LogP contribution in [0.25, 0.3) is 0 Å². The minimum atomic E-state index is -1.08. The van der Waals surface area contributed by atoms with E-state index in [1.54, 1.807) is 23.5 Å². The van der Waals surface area contributed by atoms with Gasteiger partial charge in [-0.05, 0) is 97.8 Å². The fourth-order valence-electron chi connectivity index (χ4n) is 12.2. The van der Waals surface area contributed by atoms with Gasteiger partial charge in [-0.25, -0.2) is 4.39 Å². The van der Waals surface area contributed by atoms with E-state index in [1.807, 2.05) is 30.3 Å². The minimum Gasteiger partial charge on any atom is -0.393 e. The van der Waals surface area contributed by atoms with Crippen molar-refractivity contribution in [3.8, 4) is 0 Å². The smallest absolute Gasteiger partial charge is 0.164 e. The van der Waals surface area contributed by atoms with Crippen molar-refractivity contribution in [1.29, 1.82) is 0 Å². The van der Waals surface area contributed by atoms with Crippen molar-refractivity contribution in [1.82, 2.24) is 4.90 Å². The van der Waals surface area contributed by atoms with Gasteiger partial charge in [-0.1, -0.05) is 86.1 Å². The molecule has 55 heavy (non-hydrogen) atoms. The molecule has 1 heterocycles. The van der Waals surface area contributed by atoms with Crippen molar-refractivity contribution < 1.29 is 29.2 Å². The van der Waals surface area contributed by atoms with Crippen LogP contribution >= 0.6 is 22.9 Å². The standard InChI is InChI=1S/C46H55ClFNO5S/c1-42-17-13-32(50)25-44(42)20-21-46(36(26-44)39(52)24-35-37(47)11-6-12-38(35)48)40(42)14-18-43(2)41(46)15-19-45(43,53)30-49(22-16-34-10-7-23-55-34)27-33(51)29-54-28-31-8-4-3-5-9-31/h3-12,20-21,23,26,32-33,40-41,50-51,53H,13-19,22,24-25,27-30H2,1-2H3/t32?,33-,40-,41-,42-,43+,44+,45-,46-/m1/s1. The van der Waals surface area contributed by atoms with Gasteiger partial charge in [0.05, 0.1) is 31.0 Å². The summed E-state index contributed by atoms with van der Waals surface area (Å²) in [6.07, 6.45) is 11.4. The Morgan fingerprint density at radius 3 is 2.53 bits per heavy atom. The van der Waals surface area contributed by atoms with Crippen molar-refractivity contribution in [3.63, 3.8) is 0 Å². The number of allylic oxidation sites excluding steroid dienone is 4. The minimum absolute atomic E-state index is 0.0356. The van der Waals surface area contributed by atoms with E-state index in [0.29, 0.717) is 44.7 Å². The van der Waals surface area contributed by atoms with Gasteiger partial charge < -0.3 is 20.1 Å². The maximum Gasteiger partial charge on any atom is 0.164 e. The number of hydrogen-bond donors (Lipinski definition) is 3. The van der Waals surface area contributed by atoms with Gasteiger partial charge in [-0.3, -0.25) is 9.69 Å². The third-order valence-corrected chi connectivity index (χ3v) is 16.3. The monoisotopic (exact) mass is 787 g/mol. The first-order valence-electron chi connectivity index (χ1n) is 20.2. The van der Waals surface area contributed by atoms with Crippen LogP contribution in [0.1, 0.15) is 74.8 Å². The summed E-state index contributed by atoms with van der Waals surface area (Å²) in [5.41, 5.74) is -0.918. The number of benzene rings is 2. The third-order valence-electron chi connectivity index (χ3n) is 15.0. The second-order valence-electron chi connectivity index (χ2n) is 17.8. The highest BCUT2D eigenvalue weighted by atomic mass is 35.5. The zero-order valence-electron chi connectivity index (χ0n) is 32.1. The van der Waals surface area contributed by atoms with Crippen LogP contribution in [0.15, 0.2) is 89.8 Å². The van der Waals surface area contributed by atoms with Crippen LogP contribution in [-0.4, -0.2) is 70.1 Å². The molecule has 0 radical (unpaired) electrons. The Morgan fingerprint density at radius 2 is 1.76 bits per heavy atom. The molecule has 6 aliphatic rings. The number of ether oxygens (including phenoxy) is 1. The molecule has 2 spiro atoms. The highest BCUT2D eigenvalue weighted by Gasteiger charge is 2.74. The Hall–Kier alpha value is -2.69. The molecule has 0 aliphatic heterocycles. The van der Waals surface area contributed by atoms with Crippen molar-refractivity contribution in [2.45, 2.75) is 96.1 Å². The number of thiophene rings is 1. The summed E-state index contributed by atoms with van der Waals surface area (Å²) >= 11 is 8.22. The van der Waals surface area contributed by atoms with Crippen molar-refractivity contribution in [2.24, 2.45) is 33.5 Å². The highest BCUT2D eigenvalue weighted by molar-refractivity contribution is 7.09. The van der Waals surface area contributed by atoms with E-state index in [4.69, 9.17) is 16.3 Å². The normalized spacial score (nSPS) is 35.3. The van der Waals surface area contributed by atoms with Crippen LogP contribution in [0.2, 0.25) is 5.02 Å². The quantitative estimate of drug-likeness (QED) is 0.142. The van der Waals surface area contributed by atoms with Crippen molar-refractivity contribution >= 4 is 28.7 Å². The van der Waals surface area contributed by atoms with Crippen LogP contribution in [0.4, 0.5) is 4.39 Å². The number of carbonyl (C=O) groups excluding carboxylic acids is 1. The van der Waals surface area contributed by atoms with E-state index in [1.165, 1.54) is 10.9 Å². The van der Waals surface area contributed by atoms with Crippen LogP contribution in [-0.2, 0) is 29.0 Å². The molecule has 294 valence electrons. The number of Topliss-reactive ketones (excluding diaryl/α,β-unsaturated/α-hetero) is 1. The van der Waals surface area contributed by atoms with E-state index in [0.717, 1.165) is 44.1 Å². The molecule has 9 atom stereocenters. The summed E-state index contributed by atoms with van der Waals surface area (Å²) in [4.78, 5) is 18.3. The Kier molecular flexibility index (Phi) is 10.6. The molecule has 1 unspecified atom stereocenters. The van der Waals surface area contributed by atoms with Gasteiger partial charge >= 0.3 is 0 Å². The molecule has 6 aliphatic carbocycles. The number of ketones is 1. The fourth-order valence-corrected chi connectivity index (χ4v) is 13.1. The first kappa shape index (κ1) is 39.2. The predicted octanol–water partition coefficient (Wildman–Crippen LogP) is 8.37. The zero-order valence-corrected chi connectivity index (χ0v) is 33.6. The summed E-state index contributed by atoms with van der Waals surface area (Å²) in [5.74, 6) is -0.510. The first-order valence-corrected chi connectivity index (χ1v) is 21.4. The molecule has 6 nitrogen and oxygen atoms in total. The summed E-state index contributed by atoms with van der Waals surface area (Å²) in [6, 6.07) is 18.7. The van der Waals surface area contributed by atoms with Crippen LogP contribution in [0.3, 0.4) is 0 Å². The molecule has 1 aromatic heterocycles. The lowest BCUT2D eigenvalue weighted by molar-refractivity contribution is -0.179. The lowest BCUT2D eigenvalue weighted by atomic mass is 9.32. The van der Waals surface area contributed by atoms with E-state index in [-0.39, 0.29) is 46.6 Å². The molecule has 3 aromatic rings. The number of rotatable bonds is 14. The summed E-state index contributed by atoms with van der Waals surface area (Å²) in [6.45, 7) is 6.66. The molecule has 0 saturated heterocycles. The lowest BCUT2D eigenvalue weighted by Gasteiger charge is -2.71. The Bertz CT molecular complexity index is 1920. The number of aliphatic hydroxyl groups is 3. The first-order chi connectivity index (χ1) is 26.3. The third kappa shape index (κ3) is 6.62. The molecule has 3 N–H and O–H groups in total. The van der Waals surface area contributed by atoms with E-state index in [2.05, 4.69) is 54.5 Å².